The number of hydrogen-bond acceptors (Lipinski definition) is 0. The first-order valence-electron chi connectivity index (χ1n) is 11.6. The lowest BCUT2D eigenvalue weighted by Gasteiger charge is -2.12. The minimum atomic E-state index is 1.06. The Balaban J connectivity index is 1.66. The van der Waals surface area contributed by atoms with Crippen LogP contribution in [-0.4, -0.2) is 9.13 Å². The van der Waals surface area contributed by atoms with Gasteiger partial charge in [0.05, 0.1) is 11.4 Å². The molecular weight excluding hydrogens is 388 g/mol. The van der Waals surface area contributed by atoms with Crippen LogP contribution in [0.1, 0.15) is 24.0 Å². The van der Waals surface area contributed by atoms with Gasteiger partial charge in [0.1, 0.15) is 0 Å². The van der Waals surface area contributed by atoms with Gasteiger partial charge in [-0.2, -0.15) is 0 Å². The molecule has 5 aromatic rings. The van der Waals surface area contributed by atoms with Crippen molar-refractivity contribution in [3.05, 3.63) is 96.1 Å². The Labute approximate surface area is 189 Å². The van der Waals surface area contributed by atoms with Gasteiger partial charge in [-0.3, -0.25) is 0 Å². The molecule has 1 aliphatic carbocycles. The van der Waals surface area contributed by atoms with Gasteiger partial charge in [-0.05, 0) is 66.1 Å². The van der Waals surface area contributed by atoms with Gasteiger partial charge in [-0.1, -0.05) is 66.7 Å². The second-order valence-electron chi connectivity index (χ2n) is 8.94. The number of aromatic nitrogens is 2. The zero-order chi connectivity index (χ0) is 21.7. The van der Waals surface area contributed by atoms with Gasteiger partial charge in [-0.25, -0.2) is 0 Å². The number of rotatable bonds is 0. The van der Waals surface area contributed by atoms with Crippen LogP contribution in [0.15, 0.2) is 84.9 Å². The molecule has 0 saturated carbocycles. The molecule has 2 aromatic heterocycles. The Kier molecular flexibility index (Phi) is 4.53. The monoisotopic (exact) mass is 416 g/mol. The Bertz CT molecular complexity index is 1380. The van der Waals surface area contributed by atoms with Gasteiger partial charge in [0, 0.05) is 35.9 Å². The molecule has 2 heteroatoms. The molecule has 32 heavy (non-hydrogen) atoms. The fourth-order valence-corrected chi connectivity index (χ4v) is 5.69. The summed E-state index contributed by atoms with van der Waals surface area (Å²) < 4.78 is 4.77. The first kappa shape index (κ1) is 19.2. The van der Waals surface area contributed by atoms with Crippen molar-refractivity contribution in [3.8, 4) is 22.5 Å². The molecule has 0 saturated heterocycles. The molecule has 0 atom stereocenters. The van der Waals surface area contributed by atoms with E-state index in [0.29, 0.717) is 0 Å². The van der Waals surface area contributed by atoms with Crippen molar-refractivity contribution in [1.82, 2.24) is 9.13 Å². The highest BCUT2D eigenvalue weighted by Crippen LogP contribution is 2.39. The smallest absolute Gasteiger partial charge is 0.0521 e. The zero-order valence-corrected chi connectivity index (χ0v) is 18.8. The summed E-state index contributed by atoms with van der Waals surface area (Å²) in [5.74, 6) is 0. The lowest BCUT2D eigenvalue weighted by atomic mass is 9.97. The Hall–Kier alpha value is -3.52. The molecule has 0 aliphatic heterocycles. The Morgan fingerprint density at radius 3 is 1.53 bits per heavy atom. The number of aryl methyl sites for hydroxylation is 4. The van der Waals surface area contributed by atoms with Crippen LogP contribution in [0.2, 0.25) is 0 Å². The average Bonchev–Trinajstić information content (AvgIpc) is 3.27. The third-order valence-corrected chi connectivity index (χ3v) is 7.12. The van der Waals surface area contributed by atoms with E-state index in [1.807, 2.05) is 0 Å². The topological polar surface area (TPSA) is 9.86 Å². The first-order valence-corrected chi connectivity index (χ1v) is 11.6. The second-order valence-corrected chi connectivity index (χ2v) is 8.94. The highest BCUT2D eigenvalue weighted by Gasteiger charge is 2.20. The van der Waals surface area contributed by atoms with Crippen molar-refractivity contribution in [2.45, 2.75) is 25.7 Å². The summed E-state index contributed by atoms with van der Waals surface area (Å²) >= 11 is 0. The van der Waals surface area contributed by atoms with Crippen LogP contribution in [0.5, 0.6) is 0 Å². The molecule has 0 radical (unpaired) electrons. The summed E-state index contributed by atoms with van der Waals surface area (Å²) in [7, 11) is 4.42. The van der Waals surface area contributed by atoms with Crippen LogP contribution >= 0.6 is 0 Å². The molecule has 2 nitrogen and oxygen atoms in total. The molecule has 2 bridgehead atoms. The van der Waals surface area contributed by atoms with Crippen molar-refractivity contribution in [2.24, 2.45) is 14.1 Å². The van der Waals surface area contributed by atoms with Crippen molar-refractivity contribution in [3.63, 3.8) is 0 Å². The third-order valence-electron chi connectivity index (χ3n) is 7.12. The van der Waals surface area contributed by atoms with E-state index in [-0.39, 0.29) is 0 Å². The van der Waals surface area contributed by atoms with Gasteiger partial charge in [0.25, 0.3) is 0 Å². The molecule has 0 amide bonds. The van der Waals surface area contributed by atoms with E-state index in [4.69, 9.17) is 0 Å². The third kappa shape index (κ3) is 2.86. The minimum absolute atomic E-state index is 1.06. The van der Waals surface area contributed by atoms with Crippen molar-refractivity contribution in [1.29, 1.82) is 0 Å². The summed E-state index contributed by atoms with van der Waals surface area (Å²) in [6, 6.07) is 26.8. The maximum Gasteiger partial charge on any atom is 0.0521 e. The molecule has 2 heterocycles. The number of allylic oxidation sites excluding steroid dienone is 2. The van der Waals surface area contributed by atoms with E-state index < -0.39 is 0 Å². The number of fused-ring (bicyclic) bond motifs is 10. The standard InChI is InChI=1S/C30H28N2/c1-31-27-18-9-7-14-23(27)25-16-5-3-4-6-17-26-24-15-8-10-19-28(24)32(2)30(26)22-13-11-12-21(20-22)29(25)31/h3-4,7-15,18-20H,5-6,16-17H2,1-2H3/b4-3+. The summed E-state index contributed by atoms with van der Waals surface area (Å²) in [6.45, 7) is 0. The lowest BCUT2D eigenvalue weighted by Crippen LogP contribution is -1.97. The molecule has 0 N–H and O–H groups in total. The Morgan fingerprint density at radius 1 is 0.562 bits per heavy atom. The van der Waals surface area contributed by atoms with Gasteiger partial charge < -0.3 is 9.13 Å². The van der Waals surface area contributed by atoms with E-state index in [1.54, 1.807) is 0 Å². The molecule has 0 unspecified atom stereocenters. The predicted molar refractivity (Wildman–Crippen MR) is 136 cm³/mol. The molecular formula is C30H28N2. The molecule has 3 aromatic carbocycles. The van der Waals surface area contributed by atoms with E-state index in [9.17, 15) is 0 Å². The van der Waals surface area contributed by atoms with Crippen molar-refractivity contribution >= 4 is 21.8 Å². The summed E-state index contributed by atoms with van der Waals surface area (Å²) in [6.07, 6.45) is 9.03. The maximum absolute atomic E-state index is 2.40. The maximum atomic E-state index is 2.40. The van der Waals surface area contributed by atoms with E-state index in [0.717, 1.165) is 25.7 Å². The van der Waals surface area contributed by atoms with Crippen LogP contribution < -0.4 is 0 Å². The van der Waals surface area contributed by atoms with E-state index in [1.165, 1.54) is 55.4 Å². The number of benzene rings is 3. The van der Waals surface area contributed by atoms with E-state index >= 15 is 0 Å². The van der Waals surface area contributed by atoms with Crippen LogP contribution in [0.25, 0.3) is 44.3 Å². The molecule has 6 rings (SSSR count). The van der Waals surface area contributed by atoms with Crippen molar-refractivity contribution < 1.29 is 0 Å². The van der Waals surface area contributed by atoms with Crippen LogP contribution in [0.4, 0.5) is 0 Å². The number of para-hydroxylation sites is 2. The van der Waals surface area contributed by atoms with Crippen LogP contribution in [0, 0.1) is 0 Å². The molecule has 0 spiro atoms. The molecule has 0 fully saturated rings. The molecule has 1 aliphatic rings. The Morgan fingerprint density at radius 2 is 1.03 bits per heavy atom. The normalized spacial score (nSPS) is 14.9. The summed E-state index contributed by atoms with van der Waals surface area (Å²) in [5.41, 5.74) is 10.8. The fourth-order valence-electron chi connectivity index (χ4n) is 5.69. The zero-order valence-electron chi connectivity index (χ0n) is 18.8. The van der Waals surface area contributed by atoms with Crippen molar-refractivity contribution in [2.75, 3.05) is 0 Å². The lowest BCUT2D eigenvalue weighted by molar-refractivity contribution is 0.936. The van der Waals surface area contributed by atoms with Crippen LogP contribution in [-0.2, 0) is 26.9 Å². The first-order chi connectivity index (χ1) is 15.7. The van der Waals surface area contributed by atoms with Crippen LogP contribution in [0.3, 0.4) is 0 Å². The number of nitrogens with zero attached hydrogens (tertiary/aromatic N) is 2. The predicted octanol–water partition coefficient (Wildman–Crippen LogP) is 7.44. The van der Waals surface area contributed by atoms with Gasteiger partial charge in [0.2, 0.25) is 0 Å². The quantitative estimate of drug-likeness (QED) is 0.232. The van der Waals surface area contributed by atoms with Gasteiger partial charge >= 0.3 is 0 Å². The minimum Gasteiger partial charge on any atom is -0.343 e. The van der Waals surface area contributed by atoms with E-state index in [2.05, 4.69) is 108 Å². The highest BCUT2D eigenvalue weighted by molar-refractivity contribution is 5.94. The molecule has 158 valence electrons. The average molecular weight is 417 g/mol. The van der Waals surface area contributed by atoms with Gasteiger partial charge in [0.15, 0.2) is 0 Å². The largest absolute Gasteiger partial charge is 0.343 e. The number of hydrogen-bond donors (Lipinski definition) is 0. The van der Waals surface area contributed by atoms with Gasteiger partial charge in [-0.15, -0.1) is 0 Å². The second kappa shape index (κ2) is 7.56. The fraction of sp³-hybridized carbons (Fsp3) is 0.200. The highest BCUT2D eigenvalue weighted by atomic mass is 15.0. The summed E-state index contributed by atoms with van der Waals surface area (Å²) in [5, 5.41) is 2.76. The summed E-state index contributed by atoms with van der Waals surface area (Å²) in [4.78, 5) is 0. The SMILES string of the molecule is Cn1c2c(c3ccccc31)CC/C=C/CCc1c(n(C)c3ccccc13)-c1cccc-2c1.